The minimum absolute atomic E-state index is 0.0964. The molecule has 0 aromatic heterocycles. The monoisotopic (exact) mass is 304 g/mol. The van der Waals surface area contributed by atoms with Gasteiger partial charge in [-0.3, -0.25) is 4.79 Å². The second-order valence-corrected chi connectivity index (χ2v) is 4.44. The SMILES string of the molecule is N#C/C(=C/Nc1ccccc1C#N)C(=O)Nc1ccccc1O. The van der Waals surface area contributed by atoms with Crippen molar-refractivity contribution in [3.63, 3.8) is 0 Å². The van der Waals surface area contributed by atoms with Gasteiger partial charge < -0.3 is 15.7 Å². The lowest BCUT2D eigenvalue weighted by atomic mass is 10.2. The first-order valence-electron chi connectivity index (χ1n) is 6.61. The summed E-state index contributed by atoms with van der Waals surface area (Å²) in [5, 5.41) is 32.9. The van der Waals surface area contributed by atoms with Crippen molar-refractivity contribution in [3.05, 3.63) is 65.9 Å². The van der Waals surface area contributed by atoms with Crippen LogP contribution in [0.4, 0.5) is 11.4 Å². The van der Waals surface area contributed by atoms with Gasteiger partial charge in [-0.15, -0.1) is 0 Å². The molecule has 3 N–H and O–H groups in total. The normalized spacial score (nSPS) is 10.3. The number of hydrogen-bond donors (Lipinski definition) is 3. The highest BCUT2D eigenvalue weighted by molar-refractivity contribution is 6.07. The zero-order valence-electron chi connectivity index (χ0n) is 11.9. The number of aromatic hydroxyl groups is 1. The standard InChI is InChI=1S/C17H12N4O2/c18-9-12-5-1-2-6-14(12)20-11-13(10-19)17(23)21-15-7-3-4-8-16(15)22/h1-8,11,20,22H,(H,21,23)/b13-11-. The number of carbonyl (C=O) groups excluding carboxylic acids is 1. The van der Waals surface area contributed by atoms with Crippen LogP contribution in [0.1, 0.15) is 5.56 Å². The van der Waals surface area contributed by atoms with Crippen LogP contribution in [0.2, 0.25) is 0 Å². The minimum atomic E-state index is -0.670. The van der Waals surface area contributed by atoms with E-state index in [4.69, 9.17) is 10.5 Å². The molecular weight excluding hydrogens is 292 g/mol. The molecule has 6 heteroatoms. The van der Waals surface area contributed by atoms with Crippen molar-refractivity contribution >= 4 is 17.3 Å². The lowest BCUT2D eigenvalue weighted by molar-refractivity contribution is -0.112. The highest BCUT2D eigenvalue weighted by Gasteiger charge is 2.11. The van der Waals surface area contributed by atoms with Crippen molar-refractivity contribution in [1.82, 2.24) is 0 Å². The molecule has 0 bridgehead atoms. The maximum atomic E-state index is 12.1. The molecule has 0 aliphatic carbocycles. The molecule has 0 heterocycles. The number of rotatable bonds is 4. The molecule has 6 nitrogen and oxygen atoms in total. The summed E-state index contributed by atoms with van der Waals surface area (Å²) in [5.74, 6) is -0.767. The van der Waals surface area contributed by atoms with Gasteiger partial charge >= 0.3 is 0 Å². The van der Waals surface area contributed by atoms with Gasteiger partial charge in [-0.05, 0) is 24.3 Å². The number of carbonyl (C=O) groups is 1. The molecule has 0 atom stereocenters. The van der Waals surface area contributed by atoms with E-state index in [1.54, 1.807) is 42.5 Å². The topological polar surface area (TPSA) is 109 Å². The number of para-hydroxylation sites is 3. The molecule has 0 spiro atoms. The summed E-state index contributed by atoms with van der Waals surface area (Å²) in [6, 6.07) is 16.7. The summed E-state index contributed by atoms with van der Waals surface area (Å²) in [6.45, 7) is 0. The Labute approximate surface area is 132 Å². The Morgan fingerprint density at radius 1 is 1.04 bits per heavy atom. The third kappa shape index (κ3) is 3.87. The average Bonchev–Trinajstić information content (AvgIpc) is 2.58. The zero-order chi connectivity index (χ0) is 16.7. The Morgan fingerprint density at radius 2 is 1.70 bits per heavy atom. The number of anilines is 2. The van der Waals surface area contributed by atoms with E-state index in [1.807, 2.05) is 6.07 Å². The molecule has 1 amide bonds. The Hall–Kier alpha value is -3.77. The van der Waals surface area contributed by atoms with Crippen LogP contribution in [0.5, 0.6) is 5.75 Å². The van der Waals surface area contributed by atoms with E-state index in [0.29, 0.717) is 11.3 Å². The van der Waals surface area contributed by atoms with Crippen molar-refractivity contribution in [1.29, 1.82) is 10.5 Å². The maximum Gasteiger partial charge on any atom is 0.267 e. The number of phenolic OH excluding ortho intramolecular Hbond substituents is 1. The summed E-state index contributed by atoms with van der Waals surface area (Å²) in [6.07, 6.45) is 1.21. The van der Waals surface area contributed by atoms with Gasteiger partial charge in [-0.1, -0.05) is 24.3 Å². The summed E-state index contributed by atoms with van der Waals surface area (Å²) in [7, 11) is 0. The van der Waals surface area contributed by atoms with Gasteiger partial charge in [0.25, 0.3) is 5.91 Å². The molecule has 0 aliphatic rings. The van der Waals surface area contributed by atoms with E-state index < -0.39 is 5.91 Å². The predicted octanol–water partition coefficient (Wildman–Crippen LogP) is 2.72. The quantitative estimate of drug-likeness (QED) is 0.457. The molecule has 2 aromatic carbocycles. The third-order valence-electron chi connectivity index (χ3n) is 2.94. The van der Waals surface area contributed by atoms with Crippen LogP contribution in [-0.4, -0.2) is 11.0 Å². The molecule has 2 aromatic rings. The number of nitrogens with zero attached hydrogens (tertiary/aromatic N) is 2. The van der Waals surface area contributed by atoms with Crippen molar-refractivity contribution in [2.45, 2.75) is 0 Å². The van der Waals surface area contributed by atoms with Gasteiger partial charge in [-0.25, -0.2) is 0 Å². The van der Waals surface area contributed by atoms with E-state index in [9.17, 15) is 9.90 Å². The van der Waals surface area contributed by atoms with Crippen LogP contribution < -0.4 is 10.6 Å². The summed E-state index contributed by atoms with van der Waals surface area (Å²) < 4.78 is 0. The van der Waals surface area contributed by atoms with Gasteiger partial charge in [0.1, 0.15) is 23.5 Å². The first-order valence-corrected chi connectivity index (χ1v) is 6.61. The Bertz CT molecular complexity index is 844. The van der Waals surface area contributed by atoms with Crippen molar-refractivity contribution in [3.8, 4) is 17.9 Å². The van der Waals surface area contributed by atoms with Crippen LogP contribution in [-0.2, 0) is 4.79 Å². The first-order chi connectivity index (χ1) is 11.2. The molecular formula is C17H12N4O2. The fourth-order valence-electron chi connectivity index (χ4n) is 1.77. The Morgan fingerprint density at radius 3 is 2.35 bits per heavy atom. The molecule has 0 unspecified atom stereocenters. The number of amides is 1. The second-order valence-electron chi connectivity index (χ2n) is 4.44. The number of hydrogen-bond acceptors (Lipinski definition) is 5. The van der Waals surface area contributed by atoms with E-state index in [1.165, 1.54) is 18.3 Å². The molecule has 0 aliphatic heterocycles. The average molecular weight is 304 g/mol. The molecule has 23 heavy (non-hydrogen) atoms. The largest absolute Gasteiger partial charge is 0.506 e. The van der Waals surface area contributed by atoms with Crippen LogP contribution in [0.25, 0.3) is 0 Å². The van der Waals surface area contributed by atoms with E-state index in [2.05, 4.69) is 10.6 Å². The minimum Gasteiger partial charge on any atom is -0.506 e. The van der Waals surface area contributed by atoms with Crippen LogP contribution >= 0.6 is 0 Å². The number of phenols is 1. The number of benzene rings is 2. The van der Waals surface area contributed by atoms with Gasteiger partial charge in [0.15, 0.2) is 0 Å². The van der Waals surface area contributed by atoms with Crippen molar-refractivity contribution in [2.24, 2.45) is 0 Å². The number of nitrogens with one attached hydrogen (secondary N) is 2. The summed E-state index contributed by atoms with van der Waals surface area (Å²) in [4.78, 5) is 12.1. The molecule has 0 radical (unpaired) electrons. The lowest BCUT2D eigenvalue weighted by Gasteiger charge is -2.07. The fraction of sp³-hybridized carbons (Fsp3) is 0. The molecule has 2 rings (SSSR count). The van der Waals surface area contributed by atoms with Gasteiger partial charge in [0, 0.05) is 6.20 Å². The number of nitriles is 2. The second kappa shape index (κ2) is 7.30. The van der Waals surface area contributed by atoms with Gasteiger partial charge in [0.2, 0.25) is 0 Å². The predicted molar refractivity (Wildman–Crippen MR) is 85.2 cm³/mol. The lowest BCUT2D eigenvalue weighted by Crippen LogP contribution is -2.14. The van der Waals surface area contributed by atoms with E-state index in [0.717, 1.165) is 0 Å². The summed E-state index contributed by atoms with van der Waals surface area (Å²) >= 11 is 0. The van der Waals surface area contributed by atoms with Crippen molar-refractivity contribution in [2.75, 3.05) is 10.6 Å². The Balaban J connectivity index is 2.16. The van der Waals surface area contributed by atoms with Crippen LogP contribution in [0.3, 0.4) is 0 Å². The van der Waals surface area contributed by atoms with Gasteiger partial charge in [-0.2, -0.15) is 10.5 Å². The highest BCUT2D eigenvalue weighted by Crippen LogP contribution is 2.22. The van der Waals surface area contributed by atoms with Crippen LogP contribution in [0, 0.1) is 22.7 Å². The van der Waals surface area contributed by atoms with Gasteiger partial charge in [0.05, 0.1) is 16.9 Å². The smallest absolute Gasteiger partial charge is 0.267 e. The molecule has 112 valence electrons. The Kier molecular flexibility index (Phi) is 4.96. The molecule has 0 fully saturated rings. The van der Waals surface area contributed by atoms with Crippen molar-refractivity contribution < 1.29 is 9.90 Å². The van der Waals surface area contributed by atoms with Crippen LogP contribution in [0.15, 0.2) is 60.3 Å². The molecule has 0 saturated carbocycles. The molecule has 0 saturated heterocycles. The highest BCUT2D eigenvalue weighted by atomic mass is 16.3. The first kappa shape index (κ1) is 15.6. The summed E-state index contributed by atoms with van der Waals surface area (Å²) in [5.41, 5.74) is 0.886. The zero-order valence-corrected chi connectivity index (χ0v) is 11.9. The fourth-order valence-corrected chi connectivity index (χ4v) is 1.77. The third-order valence-corrected chi connectivity index (χ3v) is 2.94. The van der Waals surface area contributed by atoms with E-state index in [-0.39, 0.29) is 17.0 Å². The van der Waals surface area contributed by atoms with E-state index >= 15 is 0 Å². The maximum absolute atomic E-state index is 12.1.